The van der Waals surface area contributed by atoms with Gasteiger partial charge in [0.15, 0.2) is 17.9 Å². The fraction of sp³-hybridized carbons (Fsp3) is 0.500. The van der Waals surface area contributed by atoms with Gasteiger partial charge >= 0.3 is 0 Å². The molecule has 5 N–H and O–H groups in total. The molecule has 0 aromatic heterocycles. The third-order valence-electron chi connectivity index (χ3n) is 8.68. The molecule has 2 aromatic carbocycles. The van der Waals surface area contributed by atoms with E-state index in [9.17, 15) is 24.9 Å². The summed E-state index contributed by atoms with van der Waals surface area (Å²) in [7, 11) is 1.96. The summed E-state index contributed by atoms with van der Waals surface area (Å²) in [6.07, 6.45) is -2.41. The summed E-state index contributed by atoms with van der Waals surface area (Å²) in [6, 6.07) is 6.37. The van der Waals surface area contributed by atoms with Crippen molar-refractivity contribution in [3.63, 3.8) is 0 Å². The van der Waals surface area contributed by atoms with Crippen LogP contribution in [-0.4, -0.2) is 81.7 Å². The van der Waals surface area contributed by atoms with E-state index in [0.29, 0.717) is 13.2 Å². The molecule has 0 amide bonds. The number of hydrogen-bond acceptors (Lipinski definition) is 10. The first kappa shape index (κ1) is 25.4. The number of phenols is 2. The van der Waals surface area contributed by atoms with Crippen LogP contribution < -0.4 is 5.73 Å². The predicted octanol–water partition coefficient (Wildman–Crippen LogP) is 1.75. The Balaban J connectivity index is 1.46. The second-order valence-corrected chi connectivity index (χ2v) is 11.0. The maximum Gasteiger partial charge on any atom is 0.198 e. The highest BCUT2D eigenvalue weighted by Crippen LogP contribution is 2.52. The molecule has 1 unspecified atom stereocenters. The van der Waals surface area contributed by atoms with Gasteiger partial charge in [-0.15, -0.1) is 0 Å². The molecule has 6 rings (SSSR count). The van der Waals surface area contributed by atoms with Crippen molar-refractivity contribution in [1.82, 2.24) is 4.90 Å². The van der Waals surface area contributed by atoms with Gasteiger partial charge in [-0.25, -0.2) is 0 Å². The molecule has 38 heavy (non-hydrogen) atoms. The number of hydrogen-bond donors (Lipinski definition) is 4. The topological polar surface area (TPSA) is 152 Å². The molecular weight excluding hydrogens is 492 g/mol. The fourth-order valence-electron chi connectivity index (χ4n) is 6.46. The molecule has 202 valence electrons. The van der Waals surface area contributed by atoms with Gasteiger partial charge in [0.25, 0.3) is 0 Å². The second-order valence-electron chi connectivity index (χ2n) is 11.0. The monoisotopic (exact) mass is 524 g/mol. The Labute approximate surface area is 219 Å². The number of carbonyl (C=O) groups is 2. The molecule has 2 fully saturated rings. The van der Waals surface area contributed by atoms with Gasteiger partial charge in [0.05, 0.1) is 36.2 Å². The molecule has 2 aliphatic carbocycles. The quantitative estimate of drug-likeness (QED) is 0.373. The zero-order chi connectivity index (χ0) is 27.1. The van der Waals surface area contributed by atoms with E-state index in [1.807, 2.05) is 14.0 Å². The highest BCUT2D eigenvalue weighted by molar-refractivity contribution is 6.30. The van der Waals surface area contributed by atoms with Gasteiger partial charge in [-0.3, -0.25) is 14.5 Å². The van der Waals surface area contributed by atoms with Crippen molar-refractivity contribution in [2.45, 2.75) is 75.4 Å². The van der Waals surface area contributed by atoms with E-state index in [0.717, 1.165) is 0 Å². The minimum absolute atomic E-state index is 0.0289. The van der Waals surface area contributed by atoms with E-state index in [1.165, 1.54) is 12.1 Å². The molecule has 10 heteroatoms. The summed E-state index contributed by atoms with van der Waals surface area (Å²) < 4.78 is 18.4. The van der Waals surface area contributed by atoms with Crippen LogP contribution in [-0.2, 0) is 20.6 Å². The highest BCUT2D eigenvalue weighted by Gasteiger charge is 2.49. The number of benzene rings is 2. The number of aliphatic hydroxyl groups excluding tert-OH is 1. The average Bonchev–Trinajstić information content (AvgIpc) is 3.25. The summed E-state index contributed by atoms with van der Waals surface area (Å²) in [5.74, 6) is -1.96. The molecule has 10 nitrogen and oxygen atoms in total. The number of carbonyl (C=O) groups excluding carboxylic acids is 2. The van der Waals surface area contributed by atoms with E-state index < -0.39 is 47.1 Å². The van der Waals surface area contributed by atoms with Crippen LogP contribution in [0.15, 0.2) is 24.3 Å². The van der Waals surface area contributed by atoms with Crippen LogP contribution in [0.5, 0.6) is 11.5 Å². The summed E-state index contributed by atoms with van der Waals surface area (Å²) in [5, 5.41) is 33.6. The maximum atomic E-state index is 13.5. The van der Waals surface area contributed by atoms with Crippen LogP contribution in [0.1, 0.15) is 75.8 Å². The maximum absolute atomic E-state index is 13.5. The lowest BCUT2D eigenvalue weighted by Crippen LogP contribution is -2.55. The lowest BCUT2D eigenvalue weighted by atomic mass is 9.70. The zero-order valence-corrected chi connectivity index (χ0v) is 21.5. The number of ketones is 2. The number of ether oxygens (including phenoxy) is 3. The van der Waals surface area contributed by atoms with Crippen LogP contribution in [0.2, 0.25) is 0 Å². The van der Waals surface area contributed by atoms with E-state index >= 15 is 0 Å². The Kier molecular flexibility index (Phi) is 5.91. The standard InChI is InChI=1S/C28H32N2O8/c1-12-27-17(30(3)11-36-27)8-19(37-12)38-18-10-28(29,13(2)31)9-16-20(18)26(35)22-21(25(16)34)23(32)14-6-4-5-7-15(14)24(22)33/h4-7,12-13,17-19,27,31,34-35H,8-11,29H2,1-3H3/t12-,13?,17-,18-,19-,27+,28-/m0/s1. The number of nitrogens with two attached hydrogens (primary N) is 1. The molecular formula is C28H32N2O8. The smallest absolute Gasteiger partial charge is 0.198 e. The van der Waals surface area contributed by atoms with Gasteiger partial charge in [-0.05, 0) is 33.7 Å². The molecule has 7 atom stereocenters. The number of rotatable bonds is 3. The molecule has 0 bridgehead atoms. The first-order valence-electron chi connectivity index (χ1n) is 12.9. The van der Waals surface area contributed by atoms with Crippen LogP contribution in [0, 0.1) is 0 Å². The van der Waals surface area contributed by atoms with E-state index in [2.05, 4.69) is 4.90 Å². The van der Waals surface area contributed by atoms with Crippen LogP contribution >= 0.6 is 0 Å². The van der Waals surface area contributed by atoms with Gasteiger partial charge in [0.2, 0.25) is 0 Å². The zero-order valence-electron chi connectivity index (χ0n) is 21.5. The van der Waals surface area contributed by atoms with Crippen LogP contribution in [0.25, 0.3) is 0 Å². The minimum Gasteiger partial charge on any atom is -0.507 e. The number of nitrogens with zero attached hydrogens (tertiary/aromatic N) is 1. The molecule has 0 spiro atoms. The van der Waals surface area contributed by atoms with Crippen molar-refractivity contribution >= 4 is 11.6 Å². The largest absolute Gasteiger partial charge is 0.507 e. The summed E-state index contributed by atoms with van der Waals surface area (Å²) in [6.45, 7) is 3.94. The summed E-state index contributed by atoms with van der Waals surface area (Å²) in [4.78, 5) is 29.0. The Morgan fingerprint density at radius 3 is 2.39 bits per heavy atom. The first-order chi connectivity index (χ1) is 18.0. The number of aromatic hydroxyl groups is 2. The molecule has 2 aromatic rings. The van der Waals surface area contributed by atoms with Gasteiger partial charge in [-0.1, -0.05) is 24.3 Å². The van der Waals surface area contributed by atoms with Crippen molar-refractivity contribution in [2.24, 2.45) is 5.73 Å². The van der Waals surface area contributed by atoms with Gasteiger partial charge in [0, 0.05) is 40.3 Å². The van der Waals surface area contributed by atoms with Crippen LogP contribution in [0.4, 0.5) is 0 Å². The highest BCUT2D eigenvalue weighted by atomic mass is 16.7. The first-order valence-corrected chi connectivity index (χ1v) is 12.9. The SMILES string of the molecule is CC(O)[C@]1(N)Cc2c(O)c3c(c(O)c2[C@@H](O[C@H]2C[C@H]4[C@H](OCN4C)[C@H](C)O2)C1)C(=O)c1ccccc1C3=O. The average molecular weight is 525 g/mol. The van der Waals surface area contributed by atoms with E-state index in [4.69, 9.17) is 19.9 Å². The molecule has 2 heterocycles. The van der Waals surface area contributed by atoms with E-state index in [1.54, 1.807) is 19.1 Å². The number of phenolic OH excluding ortho intramolecular Hbond substituents is 2. The van der Waals surface area contributed by atoms with Crippen molar-refractivity contribution in [2.75, 3.05) is 13.8 Å². The Morgan fingerprint density at radius 2 is 1.76 bits per heavy atom. The third kappa shape index (κ3) is 3.63. The van der Waals surface area contributed by atoms with Gasteiger partial charge < -0.3 is 35.3 Å². The van der Waals surface area contributed by atoms with Crippen molar-refractivity contribution in [3.8, 4) is 11.5 Å². The molecule has 2 aliphatic heterocycles. The summed E-state index contributed by atoms with van der Waals surface area (Å²) in [5.41, 5.74) is 5.59. The van der Waals surface area contributed by atoms with Crippen molar-refractivity contribution < 1.29 is 39.1 Å². The lowest BCUT2D eigenvalue weighted by Gasteiger charge is -2.44. The molecule has 0 saturated carbocycles. The Morgan fingerprint density at radius 1 is 1.13 bits per heavy atom. The third-order valence-corrected chi connectivity index (χ3v) is 8.68. The number of likely N-dealkylation sites (N-methyl/N-ethyl adjacent to an activating group) is 1. The Hall–Kier alpha value is -2.86. The molecule has 4 aliphatic rings. The van der Waals surface area contributed by atoms with E-state index in [-0.39, 0.29) is 64.5 Å². The lowest BCUT2D eigenvalue weighted by molar-refractivity contribution is -0.243. The van der Waals surface area contributed by atoms with Gasteiger partial charge in [-0.2, -0.15) is 0 Å². The van der Waals surface area contributed by atoms with Crippen molar-refractivity contribution in [1.29, 1.82) is 0 Å². The second kappa shape index (κ2) is 8.84. The summed E-state index contributed by atoms with van der Waals surface area (Å²) >= 11 is 0. The fourth-order valence-corrected chi connectivity index (χ4v) is 6.46. The predicted molar refractivity (Wildman–Crippen MR) is 134 cm³/mol. The van der Waals surface area contributed by atoms with Gasteiger partial charge in [0.1, 0.15) is 17.6 Å². The number of aliphatic hydroxyl groups is 1. The normalized spacial score (nSPS) is 33.3. The minimum atomic E-state index is -1.23. The molecule has 2 saturated heterocycles. The number of fused-ring (bicyclic) bond motifs is 4. The van der Waals surface area contributed by atoms with Crippen molar-refractivity contribution in [3.05, 3.63) is 57.6 Å². The van der Waals surface area contributed by atoms with Crippen LogP contribution in [0.3, 0.4) is 0 Å². The molecule has 0 radical (unpaired) electrons. The Bertz CT molecular complexity index is 1340.